The van der Waals surface area contributed by atoms with Gasteiger partial charge in [-0.3, -0.25) is 9.48 Å². The Balaban J connectivity index is 1.48. The van der Waals surface area contributed by atoms with Crippen LogP contribution in [0.5, 0.6) is 5.75 Å². The molecule has 8 heteroatoms. The van der Waals surface area contributed by atoms with Crippen LogP contribution in [0.15, 0.2) is 29.3 Å². The highest BCUT2D eigenvalue weighted by Gasteiger charge is 2.46. The Morgan fingerprint density at radius 2 is 2.06 bits per heavy atom. The van der Waals surface area contributed by atoms with E-state index in [4.69, 9.17) is 0 Å². The molecule has 1 aliphatic carbocycles. The summed E-state index contributed by atoms with van der Waals surface area (Å²) in [6, 6.07) is 3.97. The van der Waals surface area contributed by atoms with E-state index in [0.717, 1.165) is 30.3 Å². The maximum absolute atomic E-state index is 13.4. The highest BCUT2D eigenvalue weighted by molar-refractivity contribution is 5.91. The fourth-order valence-corrected chi connectivity index (χ4v) is 5.25. The smallest absolute Gasteiger partial charge is 0.262 e. The second kappa shape index (κ2) is 6.62. The number of aromatic hydroxyl groups is 1. The van der Waals surface area contributed by atoms with E-state index in [2.05, 4.69) is 20.4 Å². The predicted octanol–water partition coefficient (Wildman–Crippen LogP) is 3.12. The summed E-state index contributed by atoms with van der Waals surface area (Å²) in [6.45, 7) is 4.63. The SMILES string of the molecule is Cc1c(O)c(-c2nc(C)c3c(=O)n([C@@H]4CCNC5(CC5)C4)ccc3n2)cc2cn(C)nc12. The largest absolute Gasteiger partial charge is 0.507 e. The second-order valence-electron chi connectivity index (χ2n) is 9.41. The van der Waals surface area contributed by atoms with Gasteiger partial charge in [-0.25, -0.2) is 9.97 Å². The lowest BCUT2D eigenvalue weighted by atomic mass is 9.97. The Labute approximate surface area is 184 Å². The Kier molecular flexibility index (Phi) is 4.02. The summed E-state index contributed by atoms with van der Waals surface area (Å²) < 4.78 is 3.60. The molecule has 0 bridgehead atoms. The summed E-state index contributed by atoms with van der Waals surface area (Å²) in [5.74, 6) is 0.532. The Hall–Kier alpha value is -3.26. The molecular formula is C24H26N6O2. The van der Waals surface area contributed by atoms with Gasteiger partial charge in [0.05, 0.1) is 27.7 Å². The number of rotatable bonds is 2. The van der Waals surface area contributed by atoms with Crippen molar-refractivity contribution in [1.82, 2.24) is 29.6 Å². The minimum Gasteiger partial charge on any atom is -0.507 e. The molecule has 1 spiro atoms. The number of nitrogens with zero attached hydrogens (tertiary/aromatic N) is 5. The van der Waals surface area contributed by atoms with Crippen LogP contribution in [0.2, 0.25) is 0 Å². The van der Waals surface area contributed by atoms with E-state index >= 15 is 0 Å². The number of fused-ring (bicyclic) bond motifs is 2. The van der Waals surface area contributed by atoms with Gasteiger partial charge in [-0.1, -0.05) is 0 Å². The highest BCUT2D eigenvalue weighted by Crippen LogP contribution is 2.45. The van der Waals surface area contributed by atoms with E-state index in [-0.39, 0.29) is 22.9 Å². The summed E-state index contributed by atoms with van der Waals surface area (Å²) in [6.07, 6.45) is 8.12. The zero-order valence-corrected chi connectivity index (χ0v) is 18.5. The molecule has 0 amide bonds. The summed E-state index contributed by atoms with van der Waals surface area (Å²) in [5.41, 5.74) is 3.44. The molecule has 6 rings (SSSR count). The number of pyridine rings is 1. The minimum absolute atomic E-state index is 0.0302. The molecule has 164 valence electrons. The van der Waals surface area contributed by atoms with Crippen LogP contribution < -0.4 is 10.9 Å². The molecule has 32 heavy (non-hydrogen) atoms. The summed E-state index contributed by atoms with van der Waals surface area (Å²) in [7, 11) is 1.85. The molecule has 4 heterocycles. The van der Waals surface area contributed by atoms with Gasteiger partial charge in [0.2, 0.25) is 0 Å². The third-order valence-corrected chi connectivity index (χ3v) is 7.17. The van der Waals surface area contributed by atoms with Crippen molar-refractivity contribution in [1.29, 1.82) is 0 Å². The van der Waals surface area contributed by atoms with Crippen LogP contribution in [0, 0.1) is 13.8 Å². The van der Waals surface area contributed by atoms with Gasteiger partial charge in [0.1, 0.15) is 5.75 Å². The molecular weight excluding hydrogens is 404 g/mol. The summed E-state index contributed by atoms with van der Waals surface area (Å²) in [4.78, 5) is 22.8. The van der Waals surface area contributed by atoms with Gasteiger partial charge in [-0.05, 0) is 58.2 Å². The number of piperidine rings is 1. The number of phenols is 1. The van der Waals surface area contributed by atoms with Crippen LogP contribution in [0.1, 0.15) is 43.0 Å². The van der Waals surface area contributed by atoms with Crippen molar-refractivity contribution < 1.29 is 5.11 Å². The molecule has 4 aromatic rings. The summed E-state index contributed by atoms with van der Waals surface area (Å²) >= 11 is 0. The number of phenolic OH excluding ortho intramolecular Hbond substituents is 1. The zero-order valence-electron chi connectivity index (χ0n) is 18.5. The Bertz CT molecular complexity index is 1460. The lowest BCUT2D eigenvalue weighted by Gasteiger charge is -2.31. The van der Waals surface area contributed by atoms with Crippen LogP contribution in [-0.2, 0) is 7.05 Å². The van der Waals surface area contributed by atoms with Gasteiger partial charge >= 0.3 is 0 Å². The molecule has 8 nitrogen and oxygen atoms in total. The van der Waals surface area contributed by atoms with Crippen molar-refractivity contribution in [2.45, 2.75) is 51.1 Å². The van der Waals surface area contributed by atoms with E-state index in [1.807, 2.05) is 50.0 Å². The van der Waals surface area contributed by atoms with E-state index in [1.54, 1.807) is 4.68 Å². The van der Waals surface area contributed by atoms with Crippen LogP contribution in [-0.4, -0.2) is 41.5 Å². The fourth-order valence-electron chi connectivity index (χ4n) is 5.25. The molecule has 1 saturated heterocycles. The molecule has 0 unspecified atom stereocenters. The fraction of sp³-hybridized carbons (Fsp3) is 0.417. The molecule has 3 aromatic heterocycles. The van der Waals surface area contributed by atoms with Crippen molar-refractivity contribution in [2.75, 3.05) is 6.54 Å². The van der Waals surface area contributed by atoms with Crippen molar-refractivity contribution in [3.8, 4) is 17.1 Å². The van der Waals surface area contributed by atoms with E-state index in [9.17, 15) is 9.90 Å². The second-order valence-corrected chi connectivity index (χ2v) is 9.41. The number of aryl methyl sites for hydroxylation is 3. The van der Waals surface area contributed by atoms with Crippen LogP contribution >= 0.6 is 0 Å². The van der Waals surface area contributed by atoms with E-state index < -0.39 is 0 Å². The quantitative estimate of drug-likeness (QED) is 0.507. The Morgan fingerprint density at radius 3 is 2.84 bits per heavy atom. The monoisotopic (exact) mass is 430 g/mol. The van der Waals surface area contributed by atoms with Gasteiger partial charge < -0.3 is 15.0 Å². The number of aromatic nitrogens is 5. The van der Waals surface area contributed by atoms with Crippen LogP contribution in [0.3, 0.4) is 0 Å². The van der Waals surface area contributed by atoms with Crippen LogP contribution in [0.25, 0.3) is 33.2 Å². The van der Waals surface area contributed by atoms with Crippen LogP contribution in [0.4, 0.5) is 0 Å². The zero-order chi connectivity index (χ0) is 22.2. The van der Waals surface area contributed by atoms with Crippen molar-refractivity contribution in [3.05, 3.63) is 46.1 Å². The molecule has 1 atom stereocenters. The van der Waals surface area contributed by atoms with Crippen molar-refractivity contribution >= 4 is 21.8 Å². The van der Waals surface area contributed by atoms with Gasteiger partial charge in [-0.15, -0.1) is 0 Å². The minimum atomic E-state index is -0.0302. The highest BCUT2D eigenvalue weighted by atomic mass is 16.3. The summed E-state index contributed by atoms with van der Waals surface area (Å²) in [5, 5.41) is 20.4. The average Bonchev–Trinajstić information content (AvgIpc) is 3.39. The first kappa shape index (κ1) is 19.4. The predicted molar refractivity (Wildman–Crippen MR) is 123 cm³/mol. The topological polar surface area (TPSA) is 97.9 Å². The number of hydrogen-bond acceptors (Lipinski definition) is 6. The standard InChI is InChI=1S/C24H26N6O2/c1-13-20-15(12-29(3)28-20)10-17(21(13)31)22-26-14(2)19-18(27-22)5-9-30(23(19)32)16-4-8-25-24(11-16)6-7-24/h5,9-10,12,16,25,31H,4,6-8,11H2,1-3H3/t16-/m1/s1. The first-order valence-corrected chi connectivity index (χ1v) is 11.2. The third kappa shape index (κ3) is 2.86. The van der Waals surface area contributed by atoms with E-state index in [1.165, 1.54) is 12.8 Å². The molecule has 2 N–H and O–H groups in total. The van der Waals surface area contributed by atoms with Gasteiger partial charge in [0.25, 0.3) is 5.56 Å². The molecule has 2 aliphatic rings. The third-order valence-electron chi connectivity index (χ3n) is 7.17. The number of hydrogen-bond donors (Lipinski definition) is 2. The normalized spacial score (nSPS) is 19.8. The van der Waals surface area contributed by atoms with Crippen molar-refractivity contribution in [2.24, 2.45) is 7.05 Å². The molecule has 0 radical (unpaired) electrons. The van der Waals surface area contributed by atoms with Gasteiger partial charge in [0, 0.05) is 42.0 Å². The van der Waals surface area contributed by atoms with Gasteiger partial charge in [0.15, 0.2) is 5.82 Å². The number of nitrogens with one attached hydrogen (secondary N) is 1. The molecule has 1 aliphatic heterocycles. The maximum Gasteiger partial charge on any atom is 0.262 e. The molecule has 1 aromatic carbocycles. The lowest BCUT2D eigenvalue weighted by Crippen LogP contribution is -2.42. The first-order valence-electron chi connectivity index (χ1n) is 11.2. The Morgan fingerprint density at radius 1 is 1.25 bits per heavy atom. The first-order chi connectivity index (χ1) is 15.3. The lowest BCUT2D eigenvalue weighted by molar-refractivity contribution is 0.282. The van der Waals surface area contributed by atoms with E-state index in [0.29, 0.717) is 33.5 Å². The molecule has 1 saturated carbocycles. The van der Waals surface area contributed by atoms with Gasteiger partial charge in [-0.2, -0.15) is 5.10 Å². The maximum atomic E-state index is 13.4. The average molecular weight is 431 g/mol. The number of benzene rings is 1. The van der Waals surface area contributed by atoms with Crippen molar-refractivity contribution in [3.63, 3.8) is 0 Å². The molecule has 2 fully saturated rings.